The van der Waals surface area contributed by atoms with Crippen LogP contribution in [0.1, 0.15) is 11.1 Å². The summed E-state index contributed by atoms with van der Waals surface area (Å²) in [6, 6.07) is 19.0. The van der Waals surface area contributed by atoms with Gasteiger partial charge in [-0.15, -0.1) is 0 Å². The fourth-order valence-electron chi connectivity index (χ4n) is 3.75. The molecule has 28 heavy (non-hydrogen) atoms. The first-order chi connectivity index (χ1) is 13.6. The van der Waals surface area contributed by atoms with Crippen LogP contribution in [0.4, 0.5) is 0 Å². The van der Waals surface area contributed by atoms with Gasteiger partial charge in [-0.05, 0) is 36.1 Å². The van der Waals surface area contributed by atoms with E-state index in [-0.39, 0.29) is 11.5 Å². The van der Waals surface area contributed by atoms with Crippen molar-refractivity contribution in [2.75, 3.05) is 14.2 Å². The number of benzene rings is 4. The number of aryl methyl sites for hydroxylation is 2. The summed E-state index contributed by atoms with van der Waals surface area (Å²) in [5.41, 5.74) is 1.56. The average molecular weight is 374 g/mol. The summed E-state index contributed by atoms with van der Waals surface area (Å²) in [7, 11) is 3.26. The molecule has 0 unspecified atom stereocenters. The minimum Gasteiger partial charge on any atom is -0.507 e. The van der Waals surface area contributed by atoms with Crippen LogP contribution in [-0.2, 0) is 12.8 Å². The summed E-state index contributed by atoms with van der Waals surface area (Å²) >= 11 is 0. The molecule has 4 aromatic rings. The van der Waals surface area contributed by atoms with E-state index in [1.807, 2.05) is 60.7 Å². The van der Waals surface area contributed by atoms with Crippen LogP contribution in [0.3, 0.4) is 0 Å². The summed E-state index contributed by atoms with van der Waals surface area (Å²) < 4.78 is 11.0. The second-order valence-corrected chi connectivity index (χ2v) is 6.76. The largest absolute Gasteiger partial charge is 0.507 e. The first-order valence-electron chi connectivity index (χ1n) is 9.19. The van der Waals surface area contributed by atoms with Crippen molar-refractivity contribution in [2.24, 2.45) is 0 Å². The number of phenols is 2. The molecule has 0 heterocycles. The zero-order valence-corrected chi connectivity index (χ0v) is 15.9. The fraction of sp³-hybridized carbons (Fsp3) is 0.167. The van der Waals surface area contributed by atoms with E-state index in [4.69, 9.17) is 9.47 Å². The van der Waals surface area contributed by atoms with E-state index in [1.54, 1.807) is 14.2 Å². The van der Waals surface area contributed by atoms with Gasteiger partial charge in [-0.25, -0.2) is 0 Å². The molecule has 4 heteroatoms. The molecule has 2 N–H and O–H groups in total. The lowest BCUT2D eigenvalue weighted by atomic mass is 9.96. The van der Waals surface area contributed by atoms with Gasteiger partial charge >= 0.3 is 0 Å². The van der Waals surface area contributed by atoms with Crippen LogP contribution >= 0.6 is 0 Å². The van der Waals surface area contributed by atoms with Gasteiger partial charge in [0.25, 0.3) is 0 Å². The summed E-state index contributed by atoms with van der Waals surface area (Å²) in [6.45, 7) is 0. The molecule has 0 aliphatic carbocycles. The first-order valence-corrected chi connectivity index (χ1v) is 9.19. The van der Waals surface area contributed by atoms with Crippen LogP contribution in [0.5, 0.6) is 23.0 Å². The molecule has 0 aromatic heterocycles. The van der Waals surface area contributed by atoms with Crippen molar-refractivity contribution in [2.45, 2.75) is 12.8 Å². The van der Waals surface area contributed by atoms with E-state index >= 15 is 0 Å². The molecule has 4 rings (SSSR count). The van der Waals surface area contributed by atoms with Crippen molar-refractivity contribution in [3.63, 3.8) is 0 Å². The maximum atomic E-state index is 10.7. The summed E-state index contributed by atoms with van der Waals surface area (Å²) in [6.07, 6.45) is 1.12. The predicted octanol–water partition coefficient (Wildman–Crippen LogP) is 5.21. The van der Waals surface area contributed by atoms with Gasteiger partial charge in [0.1, 0.15) is 23.0 Å². The van der Waals surface area contributed by atoms with Crippen molar-refractivity contribution >= 4 is 21.5 Å². The second kappa shape index (κ2) is 7.31. The van der Waals surface area contributed by atoms with Gasteiger partial charge in [-0.3, -0.25) is 0 Å². The number of ether oxygens (including phenoxy) is 2. The molecule has 4 nitrogen and oxygen atoms in total. The molecule has 0 amide bonds. The molecule has 0 bridgehead atoms. The average Bonchev–Trinajstić information content (AvgIpc) is 2.75. The summed E-state index contributed by atoms with van der Waals surface area (Å²) in [4.78, 5) is 0. The third-order valence-electron chi connectivity index (χ3n) is 5.22. The normalized spacial score (nSPS) is 11.1. The number of phenolic OH excluding ortho intramolecular Hbond substituents is 2. The van der Waals surface area contributed by atoms with Gasteiger partial charge < -0.3 is 19.7 Å². The maximum Gasteiger partial charge on any atom is 0.127 e. The standard InChI is InChI=1S/C24H22O4/c1-27-21-13-15(23(25)19-9-5-3-7-17(19)21)11-12-16-14-22(28-2)18-8-4-6-10-20(18)24(16)26/h3-10,13-14,25-26H,11-12H2,1-2H3. The van der Waals surface area contributed by atoms with Crippen LogP contribution in [0.25, 0.3) is 21.5 Å². The number of hydrogen-bond donors (Lipinski definition) is 2. The number of hydrogen-bond acceptors (Lipinski definition) is 4. The molecule has 0 aliphatic rings. The topological polar surface area (TPSA) is 58.9 Å². The zero-order valence-electron chi connectivity index (χ0n) is 15.9. The smallest absolute Gasteiger partial charge is 0.127 e. The molecule has 0 saturated heterocycles. The number of fused-ring (bicyclic) bond motifs is 2. The zero-order chi connectivity index (χ0) is 19.7. The summed E-state index contributed by atoms with van der Waals surface area (Å²) in [5.74, 6) is 1.96. The lowest BCUT2D eigenvalue weighted by Crippen LogP contribution is -1.97. The van der Waals surface area contributed by atoms with Gasteiger partial charge in [-0.1, -0.05) is 48.5 Å². The Labute approximate surface area is 163 Å². The molecule has 4 aromatic carbocycles. The lowest BCUT2D eigenvalue weighted by Gasteiger charge is -2.14. The van der Waals surface area contributed by atoms with Gasteiger partial charge in [0.2, 0.25) is 0 Å². The Bertz CT molecular complexity index is 1070. The van der Waals surface area contributed by atoms with E-state index in [0.717, 1.165) is 44.2 Å². The molecular formula is C24H22O4. The van der Waals surface area contributed by atoms with E-state index in [9.17, 15) is 10.2 Å². The van der Waals surface area contributed by atoms with Gasteiger partial charge in [-0.2, -0.15) is 0 Å². The highest BCUT2D eigenvalue weighted by Gasteiger charge is 2.15. The highest BCUT2D eigenvalue weighted by atomic mass is 16.5. The third-order valence-corrected chi connectivity index (χ3v) is 5.22. The monoisotopic (exact) mass is 374 g/mol. The maximum absolute atomic E-state index is 10.7. The number of aromatic hydroxyl groups is 2. The minimum atomic E-state index is 0.253. The SMILES string of the molecule is COc1cc(CCc2cc(OC)c3ccccc3c2O)c(O)c2ccccc12. The second-order valence-electron chi connectivity index (χ2n) is 6.76. The van der Waals surface area contributed by atoms with E-state index in [0.29, 0.717) is 12.8 Å². The Hall–Kier alpha value is -3.40. The van der Waals surface area contributed by atoms with Gasteiger partial charge in [0.15, 0.2) is 0 Å². The number of rotatable bonds is 5. The van der Waals surface area contributed by atoms with Crippen LogP contribution < -0.4 is 9.47 Å². The Morgan fingerprint density at radius 3 is 1.32 bits per heavy atom. The highest BCUT2D eigenvalue weighted by molar-refractivity contribution is 5.95. The van der Waals surface area contributed by atoms with Gasteiger partial charge in [0.05, 0.1) is 14.2 Å². The Balaban J connectivity index is 1.74. The van der Waals surface area contributed by atoms with Crippen molar-refractivity contribution in [3.8, 4) is 23.0 Å². The molecule has 0 fully saturated rings. The van der Waals surface area contributed by atoms with E-state index < -0.39 is 0 Å². The van der Waals surface area contributed by atoms with Crippen molar-refractivity contribution in [1.29, 1.82) is 0 Å². The number of methoxy groups -OCH3 is 2. The first kappa shape index (κ1) is 18.0. The molecule has 142 valence electrons. The lowest BCUT2D eigenvalue weighted by molar-refractivity contribution is 0.416. The quantitative estimate of drug-likeness (QED) is 0.504. The summed E-state index contributed by atoms with van der Waals surface area (Å²) in [5, 5.41) is 24.8. The predicted molar refractivity (Wildman–Crippen MR) is 112 cm³/mol. The van der Waals surface area contributed by atoms with Crippen LogP contribution in [0.15, 0.2) is 60.7 Å². The van der Waals surface area contributed by atoms with Crippen LogP contribution in [0.2, 0.25) is 0 Å². The van der Waals surface area contributed by atoms with E-state index in [2.05, 4.69) is 0 Å². The highest BCUT2D eigenvalue weighted by Crippen LogP contribution is 2.39. The van der Waals surface area contributed by atoms with Crippen molar-refractivity contribution in [1.82, 2.24) is 0 Å². The Morgan fingerprint density at radius 1 is 0.607 bits per heavy atom. The van der Waals surface area contributed by atoms with Crippen LogP contribution in [-0.4, -0.2) is 24.4 Å². The molecule has 0 atom stereocenters. The van der Waals surface area contributed by atoms with E-state index in [1.165, 1.54) is 0 Å². The Morgan fingerprint density at radius 2 is 0.964 bits per heavy atom. The molecule has 0 spiro atoms. The third kappa shape index (κ3) is 2.97. The molecular weight excluding hydrogens is 352 g/mol. The molecule has 0 saturated carbocycles. The Kier molecular flexibility index (Phi) is 4.70. The van der Waals surface area contributed by atoms with Crippen molar-refractivity contribution in [3.05, 3.63) is 71.8 Å². The fourth-order valence-corrected chi connectivity index (χ4v) is 3.75. The molecule has 0 radical (unpaired) electrons. The van der Waals surface area contributed by atoms with Gasteiger partial charge in [0, 0.05) is 21.5 Å². The minimum absolute atomic E-state index is 0.253. The van der Waals surface area contributed by atoms with Crippen LogP contribution in [0, 0.1) is 0 Å². The molecule has 0 aliphatic heterocycles. The van der Waals surface area contributed by atoms with Crippen molar-refractivity contribution < 1.29 is 19.7 Å².